The van der Waals surface area contributed by atoms with Gasteiger partial charge < -0.3 is 25.2 Å². The van der Waals surface area contributed by atoms with Crippen molar-refractivity contribution in [3.05, 3.63) is 95.1 Å². The zero-order valence-corrected chi connectivity index (χ0v) is 27.2. The van der Waals surface area contributed by atoms with Crippen LogP contribution in [0.2, 0.25) is 0 Å². The van der Waals surface area contributed by atoms with Gasteiger partial charge >= 0.3 is 6.03 Å². The van der Waals surface area contributed by atoms with Gasteiger partial charge in [0.05, 0.1) is 18.8 Å². The van der Waals surface area contributed by atoms with Gasteiger partial charge in [0, 0.05) is 44.2 Å². The van der Waals surface area contributed by atoms with E-state index in [-0.39, 0.29) is 24.8 Å². The molecular weight excluding hydrogens is 562 g/mol. The smallest absolute Gasteiger partial charge is 0.315 e. The molecule has 0 aromatic heterocycles. The molecule has 0 radical (unpaired) electrons. The number of carbonyl (C=O) groups excluding carboxylic acids is 1. The van der Waals surface area contributed by atoms with E-state index in [1.54, 1.807) is 0 Å². The molecule has 7 nitrogen and oxygen atoms in total. The Morgan fingerprint density at radius 2 is 1.67 bits per heavy atom. The first-order chi connectivity index (χ1) is 21.6. The van der Waals surface area contributed by atoms with Gasteiger partial charge in [-0.25, -0.2) is 4.79 Å². The lowest BCUT2D eigenvalue weighted by Crippen LogP contribution is -2.42. The summed E-state index contributed by atoms with van der Waals surface area (Å²) in [5.74, 6) is 0. The van der Waals surface area contributed by atoms with Crippen LogP contribution in [0, 0.1) is 10.8 Å². The number of hydrogen-bond acceptors (Lipinski definition) is 5. The maximum absolute atomic E-state index is 11.9. The molecule has 3 fully saturated rings. The monoisotopic (exact) mass is 611 g/mol. The first-order valence-corrected chi connectivity index (χ1v) is 16.6. The molecule has 3 aliphatic rings. The van der Waals surface area contributed by atoms with Crippen molar-refractivity contribution >= 4 is 6.03 Å². The number of ether oxygens (including phenoxy) is 2. The summed E-state index contributed by atoms with van der Waals surface area (Å²) in [7, 11) is 0. The summed E-state index contributed by atoms with van der Waals surface area (Å²) in [6.45, 7) is 12.3. The zero-order valence-electron chi connectivity index (χ0n) is 27.2. The Bertz CT molecular complexity index is 1470. The molecule has 3 aromatic carbocycles. The van der Waals surface area contributed by atoms with E-state index in [1.807, 2.05) is 31.2 Å². The number of nitrogens with one attached hydrogen (secondary N) is 2. The number of carbonyl (C=O) groups is 1. The minimum Gasteiger partial charge on any atom is -0.392 e. The van der Waals surface area contributed by atoms with Gasteiger partial charge in [-0.15, -0.1) is 0 Å². The van der Waals surface area contributed by atoms with Crippen LogP contribution in [0.3, 0.4) is 0 Å². The molecule has 2 heterocycles. The van der Waals surface area contributed by atoms with E-state index in [9.17, 15) is 9.90 Å². The third-order valence-electron chi connectivity index (χ3n) is 9.79. The number of urea groups is 1. The van der Waals surface area contributed by atoms with E-state index >= 15 is 0 Å². The molecule has 45 heavy (non-hydrogen) atoms. The van der Waals surface area contributed by atoms with Gasteiger partial charge in [-0.3, -0.25) is 4.90 Å². The number of fused-ring (bicyclic) bond motifs is 2. The van der Waals surface area contributed by atoms with Gasteiger partial charge in [0.15, 0.2) is 6.29 Å². The summed E-state index contributed by atoms with van der Waals surface area (Å²) in [4.78, 5) is 14.6. The van der Waals surface area contributed by atoms with Crippen LogP contribution in [0.4, 0.5) is 4.79 Å². The van der Waals surface area contributed by atoms with Gasteiger partial charge in [0.2, 0.25) is 0 Å². The molecule has 1 aliphatic carbocycles. The molecule has 5 atom stereocenters. The standard InChI is InChI=1S/C38H49N3O4/c1-5-39-36(43)40-21-27-8-6-9-29(16-27)30-10-7-11-31(17-30)35-44-33(18-34(45-35)28-14-12-26(23-42)13-15-28)22-41-25-38(4)20-32(41)19-37(2,3)24-38/h6-17,32-35,42H,5,18-25H2,1-4H3,(H2,39,40,43)/t32?,33-,34+,35+,38?/m1/s1. The number of rotatable bonds is 9. The minimum atomic E-state index is -0.497. The van der Waals surface area contributed by atoms with E-state index < -0.39 is 6.29 Å². The first kappa shape index (κ1) is 31.7. The molecule has 2 unspecified atom stereocenters. The number of benzene rings is 3. The molecule has 2 saturated heterocycles. The van der Waals surface area contributed by atoms with Crippen LogP contribution < -0.4 is 10.6 Å². The highest BCUT2D eigenvalue weighted by Crippen LogP contribution is 2.53. The van der Waals surface area contributed by atoms with Gasteiger partial charge in [-0.05, 0) is 77.0 Å². The average Bonchev–Trinajstić information content (AvgIpc) is 3.27. The normalized spacial score (nSPS) is 27.7. The fourth-order valence-corrected chi connectivity index (χ4v) is 8.22. The summed E-state index contributed by atoms with van der Waals surface area (Å²) in [5.41, 5.74) is 6.94. The molecule has 3 N–H and O–H groups in total. The predicted octanol–water partition coefficient (Wildman–Crippen LogP) is 7.11. The van der Waals surface area contributed by atoms with E-state index in [0.717, 1.165) is 52.9 Å². The molecular formula is C38H49N3O4. The van der Waals surface area contributed by atoms with Crippen molar-refractivity contribution < 1.29 is 19.4 Å². The SMILES string of the molecule is CCNC(=O)NCc1cccc(-c2cccc([C@H]3O[C@@H](CN4CC5(C)CC4CC(C)(C)C5)C[C@@H](c4ccc(CO)cc4)O3)c2)c1. The number of hydrogen-bond donors (Lipinski definition) is 3. The highest BCUT2D eigenvalue weighted by molar-refractivity contribution is 5.74. The number of likely N-dealkylation sites (tertiary alicyclic amines) is 1. The fraction of sp³-hybridized carbons (Fsp3) is 0.500. The lowest BCUT2D eigenvalue weighted by molar-refractivity contribution is -0.253. The Morgan fingerprint density at radius 1 is 0.911 bits per heavy atom. The van der Waals surface area contributed by atoms with Crippen molar-refractivity contribution in [1.82, 2.24) is 15.5 Å². The lowest BCUT2D eigenvalue weighted by Gasteiger charge is -2.41. The topological polar surface area (TPSA) is 83.1 Å². The summed E-state index contributed by atoms with van der Waals surface area (Å²) >= 11 is 0. The molecule has 2 bridgehead atoms. The number of nitrogens with zero attached hydrogens (tertiary/aromatic N) is 1. The molecule has 7 heteroatoms. The van der Waals surface area contributed by atoms with Crippen LogP contribution in [0.1, 0.15) is 88.0 Å². The highest BCUT2D eigenvalue weighted by atomic mass is 16.7. The summed E-state index contributed by atoms with van der Waals surface area (Å²) in [6, 6.07) is 25.3. The average molecular weight is 612 g/mol. The van der Waals surface area contributed by atoms with Crippen molar-refractivity contribution in [2.24, 2.45) is 10.8 Å². The second-order valence-electron chi connectivity index (χ2n) is 14.5. The third-order valence-corrected chi connectivity index (χ3v) is 9.79. The maximum atomic E-state index is 11.9. The Kier molecular flexibility index (Phi) is 9.34. The number of aliphatic hydroxyl groups is 1. The Morgan fingerprint density at radius 3 is 2.42 bits per heavy atom. The number of aliphatic hydroxyl groups excluding tert-OH is 1. The highest BCUT2D eigenvalue weighted by Gasteiger charge is 2.50. The van der Waals surface area contributed by atoms with Crippen LogP contribution in [0.15, 0.2) is 72.8 Å². The van der Waals surface area contributed by atoms with Gasteiger partial charge in [0.1, 0.15) is 0 Å². The van der Waals surface area contributed by atoms with Gasteiger partial charge in [-0.1, -0.05) is 81.4 Å². The molecule has 2 amide bonds. The van der Waals surface area contributed by atoms with Crippen LogP contribution >= 0.6 is 0 Å². The van der Waals surface area contributed by atoms with E-state index in [2.05, 4.69) is 84.8 Å². The Hall–Kier alpha value is -3.23. The molecule has 3 aromatic rings. The number of amides is 2. The van der Waals surface area contributed by atoms with Crippen molar-refractivity contribution in [2.45, 2.75) is 91.1 Å². The molecule has 240 valence electrons. The maximum Gasteiger partial charge on any atom is 0.315 e. The molecule has 6 rings (SSSR count). The van der Waals surface area contributed by atoms with Crippen LogP contribution in [0.5, 0.6) is 0 Å². The zero-order chi connectivity index (χ0) is 31.6. The second kappa shape index (κ2) is 13.2. The van der Waals surface area contributed by atoms with E-state index in [0.29, 0.717) is 30.0 Å². The van der Waals surface area contributed by atoms with Crippen molar-refractivity contribution in [3.8, 4) is 11.1 Å². The van der Waals surface area contributed by atoms with Crippen LogP contribution in [0.25, 0.3) is 11.1 Å². The molecule has 0 spiro atoms. The summed E-state index contributed by atoms with van der Waals surface area (Å²) < 4.78 is 13.5. The quantitative estimate of drug-likeness (QED) is 0.240. The Balaban J connectivity index is 1.23. The van der Waals surface area contributed by atoms with Crippen LogP contribution in [-0.2, 0) is 22.6 Å². The van der Waals surface area contributed by atoms with E-state index in [1.165, 1.54) is 19.3 Å². The largest absolute Gasteiger partial charge is 0.392 e. The second-order valence-corrected chi connectivity index (χ2v) is 14.5. The van der Waals surface area contributed by atoms with Gasteiger partial charge in [0.25, 0.3) is 0 Å². The summed E-state index contributed by atoms with van der Waals surface area (Å²) in [6.07, 6.45) is 4.00. The van der Waals surface area contributed by atoms with Crippen molar-refractivity contribution in [1.29, 1.82) is 0 Å². The van der Waals surface area contributed by atoms with Crippen molar-refractivity contribution in [2.75, 3.05) is 19.6 Å². The summed E-state index contributed by atoms with van der Waals surface area (Å²) in [5, 5.41) is 15.3. The predicted molar refractivity (Wildman–Crippen MR) is 177 cm³/mol. The van der Waals surface area contributed by atoms with E-state index in [4.69, 9.17) is 9.47 Å². The lowest BCUT2D eigenvalue weighted by atomic mass is 9.65. The molecule has 1 saturated carbocycles. The van der Waals surface area contributed by atoms with Gasteiger partial charge in [-0.2, -0.15) is 0 Å². The van der Waals surface area contributed by atoms with Crippen molar-refractivity contribution in [3.63, 3.8) is 0 Å². The Labute approximate surface area is 268 Å². The minimum absolute atomic E-state index is 0.0294. The van der Waals surface area contributed by atoms with Crippen LogP contribution in [-0.4, -0.2) is 47.8 Å². The third kappa shape index (κ3) is 7.60. The molecule has 2 aliphatic heterocycles. The first-order valence-electron chi connectivity index (χ1n) is 16.6. The fourth-order valence-electron chi connectivity index (χ4n) is 8.22.